The quantitative estimate of drug-likeness (QED) is 0.924. The largest absolute Gasteiger partial charge is 0.336 e. The van der Waals surface area contributed by atoms with Crippen LogP contribution in [0, 0.1) is 5.82 Å². The Balaban J connectivity index is 1.88. The average Bonchev–Trinajstić information content (AvgIpc) is 3.07. The van der Waals surface area contributed by atoms with Crippen LogP contribution in [0.1, 0.15) is 49.1 Å². The van der Waals surface area contributed by atoms with Gasteiger partial charge in [0.05, 0.1) is 5.69 Å². The Morgan fingerprint density at radius 1 is 1.32 bits per heavy atom. The van der Waals surface area contributed by atoms with E-state index in [0.717, 1.165) is 12.8 Å². The van der Waals surface area contributed by atoms with E-state index in [0.29, 0.717) is 30.6 Å². The first-order chi connectivity index (χ1) is 12.0. The van der Waals surface area contributed by atoms with Gasteiger partial charge in [-0.3, -0.25) is 4.79 Å². The molecular weight excluding hydrogens is 321 g/mol. The summed E-state index contributed by atoms with van der Waals surface area (Å²) in [6.45, 7) is 5.34. The molecule has 7 heteroatoms. The molecule has 1 saturated heterocycles. The van der Waals surface area contributed by atoms with E-state index in [1.54, 1.807) is 21.7 Å². The van der Waals surface area contributed by atoms with E-state index in [4.69, 9.17) is 0 Å². The van der Waals surface area contributed by atoms with Gasteiger partial charge in [-0.2, -0.15) is 0 Å². The number of rotatable bonds is 4. The van der Waals surface area contributed by atoms with Gasteiger partial charge in [-0.25, -0.2) is 14.1 Å². The first-order valence-electron chi connectivity index (χ1n) is 8.69. The molecular formula is C18H24FN5O. The Bertz CT molecular complexity index is 750. The molecule has 0 spiro atoms. The van der Waals surface area contributed by atoms with Crippen molar-refractivity contribution in [3.8, 4) is 5.69 Å². The molecule has 1 N–H and O–H groups in total. The molecule has 1 aliphatic rings. The molecule has 134 valence electrons. The first kappa shape index (κ1) is 17.5. The molecule has 2 heterocycles. The van der Waals surface area contributed by atoms with Crippen molar-refractivity contribution < 1.29 is 9.18 Å². The van der Waals surface area contributed by atoms with Gasteiger partial charge in [-0.1, -0.05) is 19.9 Å². The van der Waals surface area contributed by atoms with Crippen LogP contribution < -0.4 is 5.32 Å². The Morgan fingerprint density at radius 3 is 2.64 bits per heavy atom. The minimum absolute atomic E-state index is 0.0624. The van der Waals surface area contributed by atoms with Crippen LogP contribution in [-0.2, 0) is 0 Å². The molecule has 0 saturated carbocycles. The number of carbonyl (C=O) groups is 1. The van der Waals surface area contributed by atoms with E-state index in [9.17, 15) is 9.18 Å². The molecule has 3 rings (SSSR count). The third kappa shape index (κ3) is 3.71. The van der Waals surface area contributed by atoms with Crippen LogP contribution in [0.5, 0.6) is 0 Å². The number of hydrogen-bond acceptors (Lipinski definition) is 4. The maximum Gasteiger partial charge on any atom is 0.293 e. The molecule has 0 unspecified atom stereocenters. The van der Waals surface area contributed by atoms with Crippen LogP contribution in [0.3, 0.4) is 0 Å². The van der Waals surface area contributed by atoms with Crippen molar-refractivity contribution >= 4 is 5.91 Å². The minimum atomic E-state index is -0.343. The number of carbonyl (C=O) groups excluding carboxylic acids is 1. The minimum Gasteiger partial charge on any atom is -0.336 e. The summed E-state index contributed by atoms with van der Waals surface area (Å²) in [6.07, 6.45) is 1.84. The molecule has 0 atom stereocenters. The number of piperidine rings is 1. The maximum atomic E-state index is 13.6. The van der Waals surface area contributed by atoms with E-state index >= 15 is 0 Å². The van der Waals surface area contributed by atoms with Crippen LogP contribution >= 0.6 is 0 Å². The summed E-state index contributed by atoms with van der Waals surface area (Å²) >= 11 is 0. The number of halogens is 1. The highest BCUT2D eigenvalue weighted by Crippen LogP contribution is 2.20. The molecule has 0 radical (unpaired) electrons. The number of hydrogen-bond donors (Lipinski definition) is 1. The van der Waals surface area contributed by atoms with E-state index in [1.807, 2.05) is 20.9 Å². The van der Waals surface area contributed by atoms with E-state index in [-0.39, 0.29) is 23.5 Å². The molecule has 1 aromatic carbocycles. The summed E-state index contributed by atoms with van der Waals surface area (Å²) in [5.74, 6) is 0.388. The summed E-state index contributed by atoms with van der Waals surface area (Å²) in [6, 6.07) is 6.62. The number of amides is 1. The Morgan fingerprint density at radius 2 is 2.04 bits per heavy atom. The molecule has 0 aliphatic carbocycles. The van der Waals surface area contributed by atoms with Crippen molar-refractivity contribution in [1.29, 1.82) is 0 Å². The highest BCUT2D eigenvalue weighted by Gasteiger charge is 2.27. The topological polar surface area (TPSA) is 63.1 Å². The van der Waals surface area contributed by atoms with Crippen molar-refractivity contribution in [3.05, 3.63) is 41.7 Å². The van der Waals surface area contributed by atoms with Crippen molar-refractivity contribution in [2.24, 2.45) is 0 Å². The summed E-state index contributed by atoms with van der Waals surface area (Å²) in [4.78, 5) is 19.0. The molecule has 2 aromatic rings. The fraction of sp³-hybridized carbons (Fsp3) is 0.500. The fourth-order valence-electron chi connectivity index (χ4n) is 3.10. The number of likely N-dealkylation sites (tertiary alicyclic amines) is 1. The average molecular weight is 345 g/mol. The van der Waals surface area contributed by atoms with Gasteiger partial charge in [0.25, 0.3) is 5.91 Å². The number of nitrogens with zero attached hydrogens (tertiary/aromatic N) is 4. The molecule has 1 fully saturated rings. The molecule has 1 aliphatic heterocycles. The normalized spacial score (nSPS) is 15.8. The van der Waals surface area contributed by atoms with Gasteiger partial charge >= 0.3 is 0 Å². The van der Waals surface area contributed by atoms with Gasteiger partial charge in [0.15, 0.2) is 0 Å². The predicted molar refractivity (Wildman–Crippen MR) is 93.4 cm³/mol. The van der Waals surface area contributed by atoms with Gasteiger partial charge in [-0.15, -0.1) is 5.10 Å². The third-order valence-electron chi connectivity index (χ3n) is 4.58. The van der Waals surface area contributed by atoms with E-state index < -0.39 is 0 Å². The second-order valence-corrected chi connectivity index (χ2v) is 6.70. The summed E-state index contributed by atoms with van der Waals surface area (Å²) in [7, 11) is 1.94. The monoisotopic (exact) mass is 345 g/mol. The maximum absolute atomic E-state index is 13.6. The molecule has 25 heavy (non-hydrogen) atoms. The highest BCUT2D eigenvalue weighted by molar-refractivity contribution is 5.90. The molecule has 1 amide bonds. The third-order valence-corrected chi connectivity index (χ3v) is 4.58. The lowest BCUT2D eigenvalue weighted by atomic mass is 10.1. The van der Waals surface area contributed by atoms with Crippen LogP contribution in [0.15, 0.2) is 24.3 Å². The van der Waals surface area contributed by atoms with Crippen molar-refractivity contribution in [1.82, 2.24) is 25.0 Å². The zero-order valence-corrected chi connectivity index (χ0v) is 14.9. The number of nitrogens with one attached hydrogen (secondary N) is 1. The summed E-state index contributed by atoms with van der Waals surface area (Å²) in [5, 5.41) is 7.64. The molecule has 6 nitrogen and oxygen atoms in total. The van der Waals surface area contributed by atoms with Crippen molar-refractivity contribution in [3.63, 3.8) is 0 Å². The number of benzene rings is 1. The van der Waals surface area contributed by atoms with Crippen LogP contribution in [-0.4, -0.2) is 51.8 Å². The lowest BCUT2D eigenvalue weighted by Crippen LogP contribution is -2.44. The van der Waals surface area contributed by atoms with Gasteiger partial charge < -0.3 is 10.2 Å². The zero-order valence-electron chi connectivity index (χ0n) is 14.9. The molecule has 1 aromatic heterocycles. The lowest BCUT2D eigenvalue weighted by Gasteiger charge is -2.30. The van der Waals surface area contributed by atoms with Crippen molar-refractivity contribution in [2.75, 3.05) is 20.1 Å². The van der Waals surface area contributed by atoms with E-state index in [1.165, 1.54) is 12.1 Å². The van der Waals surface area contributed by atoms with Crippen LogP contribution in [0.4, 0.5) is 4.39 Å². The lowest BCUT2D eigenvalue weighted by molar-refractivity contribution is 0.0695. The summed E-state index contributed by atoms with van der Waals surface area (Å²) < 4.78 is 15.1. The SMILES string of the molecule is CNC1CCN(C(=O)c2nc(C(C)C)n(-c3cccc(F)c3)n2)CC1. The second kappa shape index (κ2) is 7.31. The highest BCUT2D eigenvalue weighted by atomic mass is 19.1. The fourth-order valence-corrected chi connectivity index (χ4v) is 3.10. The standard InChI is InChI=1S/C18H24FN5O/c1-12(2)17-21-16(18(25)23-9-7-14(20-3)8-10-23)22-24(17)15-6-4-5-13(19)11-15/h4-6,11-12,14,20H,7-10H2,1-3H3. The second-order valence-electron chi connectivity index (χ2n) is 6.70. The van der Waals surface area contributed by atoms with Gasteiger partial charge in [0.1, 0.15) is 11.6 Å². The van der Waals surface area contributed by atoms with Crippen LogP contribution in [0.2, 0.25) is 0 Å². The van der Waals surface area contributed by atoms with Gasteiger partial charge in [0, 0.05) is 25.0 Å². The Kier molecular flexibility index (Phi) is 5.13. The van der Waals surface area contributed by atoms with Crippen LogP contribution in [0.25, 0.3) is 5.69 Å². The van der Waals surface area contributed by atoms with Gasteiger partial charge in [0.2, 0.25) is 5.82 Å². The van der Waals surface area contributed by atoms with E-state index in [2.05, 4.69) is 15.4 Å². The smallest absolute Gasteiger partial charge is 0.293 e. The Labute approximate surface area is 147 Å². The summed E-state index contributed by atoms with van der Waals surface area (Å²) in [5.41, 5.74) is 0.573. The van der Waals surface area contributed by atoms with Gasteiger partial charge in [-0.05, 0) is 38.1 Å². The first-order valence-corrected chi connectivity index (χ1v) is 8.69. The predicted octanol–water partition coefficient (Wildman–Crippen LogP) is 2.35. The van der Waals surface area contributed by atoms with Crippen molar-refractivity contribution in [2.45, 2.75) is 38.6 Å². The zero-order chi connectivity index (χ0) is 18.0. The number of aromatic nitrogens is 3. The Hall–Kier alpha value is -2.28. The molecule has 0 bridgehead atoms.